The molecule has 6 heteroatoms. The van der Waals surface area contributed by atoms with Gasteiger partial charge in [0.1, 0.15) is 11.8 Å². The Hall–Kier alpha value is -3.12. The molecule has 166 valence electrons. The smallest absolute Gasteiger partial charge is 0.261 e. The lowest BCUT2D eigenvalue weighted by Gasteiger charge is -2.31. The number of ether oxygens (including phenoxy) is 1. The fourth-order valence-corrected chi connectivity index (χ4v) is 3.71. The molecule has 0 unspecified atom stereocenters. The van der Waals surface area contributed by atoms with Crippen molar-refractivity contribution in [1.29, 1.82) is 0 Å². The van der Waals surface area contributed by atoms with Crippen molar-refractivity contribution in [1.82, 2.24) is 10.2 Å². The normalized spacial score (nSPS) is 11.5. The zero-order valence-corrected chi connectivity index (χ0v) is 19.8. The first-order chi connectivity index (χ1) is 15.5. The third-order valence-electron chi connectivity index (χ3n) is 5.23. The summed E-state index contributed by atoms with van der Waals surface area (Å²) in [7, 11) is 1.59. The molecule has 0 radical (unpaired) electrons. The van der Waals surface area contributed by atoms with Crippen LogP contribution in [0.15, 0.2) is 83.3 Å². The van der Waals surface area contributed by atoms with E-state index in [9.17, 15) is 9.59 Å². The monoisotopic (exact) mass is 494 g/mol. The van der Waals surface area contributed by atoms with Gasteiger partial charge in [-0.15, -0.1) is 0 Å². The molecule has 3 aromatic carbocycles. The molecule has 1 atom stereocenters. The minimum atomic E-state index is -0.668. The number of benzene rings is 3. The van der Waals surface area contributed by atoms with Gasteiger partial charge in [-0.05, 0) is 41.8 Å². The number of carbonyl (C=O) groups excluding carboxylic acids is 2. The summed E-state index contributed by atoms with van der Waals surface area (Å²) in [6.45, 7) is 2.08. The van der Waals surface area contributed by atoms with Crippen LogP contribution in [0.25, 0.3) is 0 Å². The molecule has 0 aliphatic rings. The van der Waals surface area contributed by atoms with Crippen molar-refractivity contribution in [3.05, 3.63) is 100 Å². The van der Waals surface area contributed by atoms with Gasteiger partial charge in [0.05, 0.1) is 0 Å². The summed E-state index contributed by atoms with van der Waals surface area (Å²) in [6.07, 6.45) is 0.410. The lowest BCUT2D eigenvalue weighted by atomic mass is 10.0. The highest BCUT2D eigenvalue weighted by Crippen LogP contribution is 2.19. The maximum atomic E-state index is 13.4. The molecule has 0 saturated carbocycles. The quantitative estimate of drug-likeness (QED) is 0.475. The summed E-state index contributed by atoms with van der Waals surface area (Å²) in [5.41, 5.74) is 2.86. The zero-order chi connectivity index (χ0) is 22.9. The van der Waals surface area contributed by atoms with E-state index in [1.165, 1.54) is 0 Å². The summed E-state index contributed by atoms with van der Waals surface area (Å²) in [6, 6.07) is 24.3. The Kier molecular flexibility index (Phi) is 8.45. The Morgan fingerprint density at radius 1 is 0.938 bits per heavy atom. The summed E-state index contributed by atoms with van der Waals surface area (Å²) in [4.78, 5) is 27.8. The van der Waals surface area contributed by atoms with Crippen LogP contribution < -0.4 is 10.1 Å². The van der Waals surface area contributed by atoms with E-state index in [0.29, 0.717) is 18.7 Å². The average Bonchev–Trinajstić information content (AvgIpc) is 2.82. The van der Waals surface area contributed by atoms with Gasteiger partial charge in [-0.1, -0.05) is 76.6 Å². The number of amides is 2. The number of rotatable bonds is 9. The van der Waals surface area contributed by atoms with Crippen molar-refractivity contribution < 1.29 is 14.3 Å². The first-order valence-corrected chi connectivity index (χ1v) is 11.2. The number of aryl methyl sites for hydroxylation is 1. The number of halogens is 1. The van der Waals surface area contributed by atoms with E-state index in [-0.39, 0.29) is 18.4 Å². The Labute approximate surface area is 197 Å². The van der Waals surface area contributed by atoms with E-state index >= 15 is 0 Å². The number of likely N-dealkylation sites (N-methyl/N-ethyl adjacent to an activating group) is 1. The predicted octanol–water partition coefficient (Wildman–Crippen LogP) is 4.52. The average molecular weight is 495 g/mol. The van der Waals surface area contributed by atoms with E-state index < -0.39 is 6.04 Å². The van der Waals surface area contributed by atoms with Crippen LogP contribution in [0.4, 0.5) is 0 Å². The molecule has 0 heterocycles. The van der Waals surface area contributed by atoms with Crippen LogP contribution in [0.3, 0.4) is 0 Å². The van der Waals surface area contributed by atoms with Crippen molar-refractivity contribution in [3.63, 3.8) is 0 Å². The van der Waals surface area contributed by atoms with E-state index in [2.05, 4.69) is 21.2 Å². The molecule has 0 aliphatic heterocycles. The summed E-state index contributed by atoms with van der Waals surface area (Å²) in [5, 5.41) is 2.72. The third-order valence-corrected chi connectivity index (χ3v) is 5.76. The molecular formula is C26H27BrN2O3. The van der Waals surface area contributed by atoms with Crippen LogP contribution in [0.5, 0.6) is 5.75 Å². The number of hydrogen-bond acceptors (Lipinski definition) is 3. The SMILES string of the molecule is CNC(=O)[C@H](Cc1ccccc1)N(Cc1ccc(Br)cc1)C(=O)COc1ccccc1C. The van der Waals surface area contributed by atoms with Gasteiger partial charge in [-0.3, -0.25) is 9.59 Å². The van der Waals surface area contributed by atoms with Crippen molar-refractivity contribution >= 4 is 27.7 Å². The summed E-state index contributed by atoms with van der Waals surface area (Å²) < 4.78 is 6.77. The highest BCUT2D eigenvalue weighted by atomic mass is 79.9. The lowest BCUT2D eigenvalue weighted by Crippen LogP contribution is -2.51. The van der Waals surface area contributed by atoms with Gasteiger partial charge in [-0.25, -0.2) is 0 Å². The standard InChI is InChI=1S/C26H27BrN2O3/c1-19-8-6-7-11-24(19)32-18-25(30)29(17-21-12-14-22(27)15-13-21)23(26(31)28-2)16-20-9-4-3-5-10-20/h3-15,23H,16-18H2,1-2H3,(H,28,31)/t23-/m0/s1. The topological polar surface area (TPSA) is 58.6 Å². The van der Waals surface area contributed by atoms with E-state index in [1.54, 1.807) is 11.9 Å². The molecule has 0 fully saturated rings. The van der Waals surface area contributed by atoms with E-state index in [4.69, 9.17) is 4.74 Å². The van der Waals surface area contributed by atoms with Gasteiger partial charge in [0, 0.05) is 24.5 Å². The molecular weight excluding hydrogens is 468 g/mol. The first-order valence-electron chi connectivity index (χ1n) is 10.5. The fourth-order valence-electron chi connectivity index (χ4n) is 3.45. The molecule has 3 rings (SSSR count). The van der Waals surface area contributed by atoms with Gasteiger partial charge >= 0.3 is 0 Å². The van der Waals surface area contributed by atoms with Crippen LogP contribution in [0.2, 0.25) is 0 Å². The van der Waals surface area contributed by atoms with Crippen molar-refractivity contribution in [2.75, 3.05) is 13.7 Å². The van der Waals surface area contributed by atoms with Gasteiger partial charge in [0.15, 0.2) is 6.61 Å². The Bertz CT molecular complexity index is 1040. The van der Waals surface area contributed by atoms with Crippen LogP contribution in [0, 0.1) is 6.92 Å². The number of nitrogens with one attached hydrogen (secondary N) is 1. The molecule has 0 aromatic heterocycles. The fraction of sp³-hybridized carbons (Fsp3) is 0.231. The van der Waals surface area contributed by atoms with Crippen LogP contribution in [0.1, 0.15) is 16.7 Å². The molecule has 3 aromatic rings. The minimum Gasteiger partial charge on any atom is -0.484 e. The second-order valence-corrected chi connectivity index (χ2v) is 8.44. The number of para-hydroxylation sites is 1. The predicted molar refractivity (Wildman–Crippen MR) is 129 cm³/mol. The first kappa shape index (κ1) is 23.5. The van der Waals surface area contributed by atoms with E-state index in [1.807, 2.05) is 85.8 Å². The lowest BCUT2D eigenvalue weighted by molar-refractivity contribution is -0.142. The van der Waals surface area contributed by atoms with Crippen LogP contribution in [-0.4, -0.2) is 36.4 Å². The Morgan fingerprint density at radius 2 is 1.59 bits per heavy atom. The number of carbonyl (C=O) groups is 2. The van der Waals surface area contributed by atoms with Gasteiger partial charge in [0.2, 0.25) is 5.91 Å². The maximum Gasteiger partial charge on any atom is 0.261 e. The van der Waals surface area contributed by atoms with Gasteiger partial charge in [-0.2, -0.15) is 0 Å². The molecule has 1 N–H and O–H groups in total. The second kappa shape index (κ2) is 11.5. The van der Waals surface area contributed by atoms with Crippen LogP contribution in [-0.2, 0) is 22.6 Å². The Morgan fingerprint density at radius 3 is 2.25 bits per heavy atom. The van der Waals surface area contributed by atoms with Crippen molar-refractivity contribution in [3.8, 4) is 5.75 Å². The van der Waals surface area contributed by atoms with E-state index in [0.717, 1.165) is 21.2 Å². The number of hydrogen-bond donors (Lipinski definition) is 1. The molecule has 0 aliphatic carbocycles. The molecule has 2 amide bonds. The summed E-state index contributed by atoms with van der Waals surface area (Å²) >= 11 is 3.44. The third kappa shape index (κ3) is 6.44. The van der Waals surface area contributed by atoms with Crippen LogP contribution >= 0.6 is 15.9 Å². The maximum absolute atomic E-state index is 13.4. The molecule has 32 heavy (non-hydrogen) atoms. The second-order valence-electron chi connectivity index (χ2n) is 7.52. The molecule has 5 nitrogen and oxygen atoms in total. The van der Waals surface area contributed by atoms with Crippen molar-refractivity contribution in [2.24, 2.45) is 0 Å². The zero-order valence-electron chi connectivity index (χ0n) is 18.3. The van der Waals surface area contributed by atoms with Crippen molar-refractivity contribution in [2.45, 2.75) is 25.9 Å². The highest BCUT2D eigenvalue weighted by Gasteiger charge is 2.30. The Balaban J connectivity index is 1.87. The van der Waals surface area contributed by atoms with Gasteiger partial charge < -0.3 is 15.0 Å². The van der Waals surface area contributed by atoms with Gasteiger partial charge in [0.25, 0.3) is 5.91 Å². The molecule has 0 saturated heterocycles. The minimum absolute atomic E-state index is 0.149. The molecule has 0 bridgehead atoms. The summed E-state index contributed by atoms with van der Waals surface area (Å²) in [5.74, 6) is 0.194. The molecule has 0 spiro atoms. The largest absolute Gasteiger partial charge is 0.484 e. The number of nitrogens with zero attached hydrogens (tertiary/aromatic N) is 1. The highest BCUT2D eigenvalue weighted by molar-refractivity contribution is 9.10.